The second kappa shape index (κ2) is 8.15. The van der Waals surface area contributed by atoms with Gasteiger partial charge >= 0.3 is 5.97 Å². The van der Waals surface area contributed by atoms with Crippen molar-refractivity contribution in [3.8, 4) is 0 Å². The molecule has 0 saturated carbocycles. The predicted molar refractivity (Wildman–Crippen MR) is 94.8 cm³/mol. The van der Waals surface area contributed by atoms with Crippen molar-refractivity contribution in [3.05, 3.63) is 71.9 Å². The number of hydrogen-bond donors (Lipinski definition) is 1. The van der Waals surface area contributed by atoms with Gasteiger partial charge in [-0.2, -0.15) is 5.10 Å². The number of carbonyl (C=O) groups is 2. The molecule has 0 aliphatic heterocycles. The SMILES string of the molecule is CCc1ccccc1NC(=O)COC(=O)c1ccc(Cn2cccn2)o1. The maximum absolute atomic E-state index is 12.0. The summed E-state index contributed by atoms with van der Waals surface area (Å²) in [4.78, 5) is 24.0. The van der Waals surface area contributed by atoms with Gasteiger partial charge in [-0.1, -0.05) is 25.1 Å². The molecule has 0 atom stereocenters. The molecule has 7 nitrogen and oxygen atoms in total. The molecule has 0 unspecified atom stereocenters. The van der Waals surface area contributed by atoms with E-state index in [2.05, 4.69) is 10.4 Å². The molecule has 2 heterocycles. The first-order valence-corrected chi connectivity index (χ1v) is 8.26. The number of nitrogens with one attached hydrogen (secondary N) is 1. The summed E-state index contributed by atoms with van der Waals surface area (Å²) in [7, 11) is 0. The molecule has 1 N–H and O–H groups in total. The summed E-state index contributed by atoms with van der Waals surface area (Å²) in [5.74, 6) is -0.464. The van der Waals surface area contributed by atoms with Crippen molar-refractivity contribution in [1.82, 2.24) is 9.78 Å². The minimum absolute atomic E-state index is 0.0499. The Morgan fingerprint density at radius 3 is 2.81 bits per heavy atom. The number of carbonyl (C=O) groups excluding carboxylic acids is 2. The van der Waals surface area contributed by atoms with Gasteiger partial charge in [0.15, 0.2) is 6.61 Å². The highest BCUT2D eigenvalue weighted by Crippen LogP contribution is 2.15. The molecule has 3 rings (SSSR count). The number of para-hydroxylation sites is 1. The van der Waals surface area contributed by atoms with Gasteiger partial charge in [-0.15, -0.1) is 0 Å². The summed E-state index contributed by atoms with van der Waals surface area (Å²) in [6.45, 7) is 2.03. The molecule has 3 aromatic rings. The van der Waals surface area contributed by atoms with Gasteiger partial charge in [0.2, 0.25) is 5.76 Å². The van der Waals surface area contributed by atoms with Gasteiger partial charge in [0, 0.05) is 18.1 Å². The number of aromatic nitrogens is 2. The van der Waals surface area contributed by atoms with Gasteiger partial charge in [0.1, 0.15) is 5.76 Å². The molecule has 0 spiro atoms. The van der Waals surface area contributed by atoms with E-state index >= 15 is 0 Å². The lowest BCUT2D eigenvalue weighted by atomic mass is 10.1. The van der Waals surface area contributed by atoms with Gasteiger partial charge in [0.25, 0.3) is 5.91 Å². The largest absolute Gasteiger partial charge is 0.452 e. The molecule has 0 aliphatic rings. The third kappa shape index (κ3) is 4.38. The predicted octanol–water partition coefficient (Wildman–Crippen LogP) is 2.88. The highest BCUT2D eigenvalue weighted by molar-refractivity contribution is 5.95. The molecular weight excluding hydrogens is 334 g/mol. The van der Waals surface area contributed by atoms with Crippen LogP contribution >= 0.6 is 0 Å². The average molecular weight is 353 g/mol. The fraction of sp³-hybridized carbons (Fsp3) is 0.211. The van der Waals surface area contributed by atoms with E-state index < -0.39 is 11.9 Å². The smallest absolute Gasteiger partial charge is 0.374 e. The Labute approximate surface area is 150 Å². The molecule has 1 aromatic carbocycles. The van der Waals surface area contributed by atoms with Gasteiger partial charge in [0.05, 0.1) is 6.54 Å². The summed E-state index contributed by atoms with van der Waals surface area (Å²) in [5, 5.41) is 6.81. The molecular formula is C19H19N3O4. The second-order valence-corrected chi connectivity index (χ2v) is 5.60. The maximum Gasteiger partial charge on any atom is 0.374 e. The van der Waals surface area contributed by atoms with Crippen molar-refractivity contribution in [2.45, 2.75) is 19.9 Å². The van der Waals surface area contributed by atoms with E-state index in [1.165, 1.54) is 6.07 Å². The molecule has 134 valence electrons. The van der Waals surface area contributed by atoms with Crippen LogP contribution in [0.5, 0.6) is 0 Å². The van der Waals surface area contributed by atoms with Crippen LogP contribution in [0.3, 0.4) is 0 Å². The summed E-state index contributed by atoms with van der Waals surface area (Å²) >= 11 is 0. The third-order valence-electron chi connectivity index (χ3n) is 3.75. The fourth-order valence-corrected chi connectivity index (χ4v) is 2.47. The summed E-state index contributed by atoms with van der Waals surface area (Å²) in [5.41, 5.74) is 1.73. The van der Waals surface area contributed by atoms with Gasteiger partial charge < -0.3 is 14.5 Å². The number of rotatable bonds is 7. The maximum atomic E-state index is 12.0. The first-order valence-electron chi connectivity index (χ1n) is 8.26. The van der Waals surface area contributed by atoms with Crippen LogP contribution < -0.4 is 5.32 Å². The molecule has 0 fully saturated rings. The Morgan fingerprint density at radius 2 is 2.04 bits per heavy atom. The first-order chi connectivity index (χ1) is 12.7. The number of amides is 1. The molecule has 26 heavy (non-hydrogen) atoms. The monoisotopic (exact) mass is 353 g/mol. The number of aryl methyl sites for hydroxylation is 1. The Bertz CT molecular complexity index is 884. The van der Waals surface area contributed by atoms with Crippen LogP contribution in [0.15, 0.2) is 59.3 Å². The van der Waals surface area contributed by atoms with E-state index in [1.54, 1.807) is 29.2 Å². The Balaban J connectivity index is 1.52. The minimum atomic E-state index is -0.685. The van der Waals surface area contributed by atoms with E-state index in [-0.39, 0.29) is 12.4 Å². The topological polar surface area (TPSA) is 86.4 Å². The number of hydrogen-bond acceptors (Lipinski definition) is 5. The van der Waals surface area contributed by atoms with Crippen molar-refractivity contribution in [3.63, 3.8) is 0 Å². The van der Waals surface area contributed by atoms with Gasteiger partial charge in [-0.3, -0.25) is 9.48 Å². The molecule has 0 saturated heterocycles. The third-order valence-corrected chi connectivity index (χ3v) is 3.75. The fourth-order valence-electron chi connectivity index (χ4n) is 2.47. The standard InChI is InChI=1S/C19H19N3O4/c1-2-14-6-3-4-7-16(14)21-18(23)13-25-19(24)17-9-8-15(26-17)12-22-11-5-10-20-22/h3-11H,2,12-13H2,1H3,(H,21,23). The number of nitrogens with zero attached hydrogens (tertiary/aromatic N) is 2. The highest BCUT2D eigenvalue weighted by Gasteiger charge is 2.15. The van der Waals surface area contributed by atoms with Crippen LogP contribution in [0, 0.1) is 0 Å². The summed E-state index contributed by atoms with van der Waals surface area (Å²) < 4.78 is 12.1. The zero-order valence-corrected chi connectivity index (χ0v) is 14.3. The van der Waals surface area contributed by atoms with E-state index in [9.17, 15) is 9.59 Å². The van der Waals surface area contributed by atoms with E-state index in [0.29, 0.717) is 12.3 Å². The lowest BCUT2D eigenvalue weighted by Crippen LogP contribution is -2.21. The van der Waals surface area contributed by atoms with Crippen molar-refractivity contribution >= 4 is 17.6 Å². The molecule has 1 amide bonds. The van der Waals surface area contributed by atoms with Crippen molar-refractivity contribution in [2.24, 2.45) is 0 Å². The molecule has 0 bridgehead atoms. The number of anilines is 1. The van der Waals surface area contributed by atoms with Crippen molar-refractivity contribution in [2.75, 3.05) is 11.9 Å². The zero-order valence-electron chi connectivity index (χ0n) is 14.3. The van der Waals surface area contributed by atoms with Crippen LogP contribution in [0.25, 0.3) is 0 Å². The normalized spacial score (nSPS) is 10.5. The minimum Gasteiger partial charge on any atom is -0.452 e. The van der Waals surface area contributed by atoms with E-state index in [4.69, 9.17) is 9.15 Å². The first kappa shape index (κ1) is 17.5. The van der Waals surface area contributed by atoms with Crippen LogP contribution in [0.4, 0.5) is 5.69 Å². The van der Waals surface area contributed by atoms with Crippen LogP contribution in [-0.4, -0.2) is 28.3 Å². The highest BCUT2D eigenvalue weighted by atomic mass is 16.5. The second-order valence-electron chi connectivity index (χ2n) is 5.60. The van der Waals surface area contributed by atoms with E-state index in [1.807, 2.05) is 31.2 Å². The molecule has 7 heteroatoms. The van der Waals surface area contributed by atoms with Crippen LogP contribution in [0.1, 0.15) is 28.8 Å². The quantitative estimate of drug-likeness (QED) is 0.660. The van der Waals surface area contributed by atoms with E-state index in [0.717, 1.165) is 17.7 Å². The number of ether oxygens (including phenoxy) is 1. The molecule has 2 aromatic heterocycles. The lowest BCUT2D eigenvalue weighted by molar-refractivity contribution is -0.119. The van der Waals surface area contributed by atoms with Crippen molar-refractivity contribution in [1.29, 1.82) is 0 Å². The summed E-state index contributed by atoms with van der Waals surface area (Å²) in [6, 6.07) is 12.5. The molecule has 0 radical (unpaired) electrons. The van der Waals surface area contributed by atoms with Crippen LogP contribution in [-0.2, 0) is 22.5 Å². The van der Waals surface area contributed by atoms with Gasteiger partial charge in [-0.05, 0) is 36.2 Å². The van der Waals surface area contributed by atoms with Gasteiger partial charge in [-0.25, -0.2) is 4.79 Å². The van der Waals surface area contributed by atoms with Crippen molar-refractivity contribution < 1.29 is 18.7 Å². The number of benzene rings is 1. The Kier molecular flexibility index (Phi) is 5.48. The zero-order chi connectivity index (χ0) is 18.4. The Morgan fingerprint density at radius 1 is 1.19 bits per heavy atom. The number of furan rings is 1. The summed E-state index contributed by atoms with van der Waals surface area (Å²) in [6.07, 6.45) is 4.24. The van der Waals surface area contributed by atoms with Crippen LogP contribution in [0.2, 0.25) is 0 Å². The lowest BCUT2D eigenvalue weighted by Gasteiger charge is -2.09. The Hall–Kier alpha value is -3.35. The molecule has 0 aliphatic carbocycles. The average Bonchev–Trinajstić information content (AvgIpc) is 3.33. The number of esters is 1.